The molecule has 0 aliphatic heterocycles. The third kappa shape index (κ3) is 3.98. The summed E-state index contributed by atoms with van der Waals surface area (Å²) in [6.07, 6.45) is -4.35. The molecule has 0 aliphatic rings. The standard InChI is InChI=1S/C18H11F3N2OS/c19-18(20,21)14-7-5-12(6-8-14)17-23-15(11-25-17)10-24-16-4-2-1-3-13(16)9-22/h1-8,11H,10H2. The molecule has 0 fully saturated rings. The van der Waals surface area contributed by atoms with Gasteiger partial charge >= 0.3 is 6.18 Å². The fourth-order valence-electron chi connectivity index (χ4n) is 2.14. The maximum absolute atomic E-state index is 12.6. The number of hydrogen-bond acceptors (Lipinski definition) is 4. The van der Waals surface area contributed by atoms with Crippen molar-refractivity contribution in [1.29, 1.82) is 5.26 Å². The van der Waals surface area contributed by atoms with Crippen LogP contribution in [0.1, 0.15) is 16.8 Å². The molecule has 2 aromatic carbocycles. The fraction of sp³-hybridized carbons (Fsp3) is 0.111. The zero-order valence-corrected chi connectivity index (χ0v) is 13.6. The fourth-order valence-corrected chi connectivity index (χ4v) is 2.95. The van der Waals surface area contributed by atoms with Crippen LogP contribution in [0.5, 0.6) is 5.75 Å². The smallest absolute Gasteiger partial charge is 0.416 e. The predicted octanol–water partition coefficient (Wildman–Crippen LogP) is 5.28. The molecule has 0 saturated carbocycles. The van der Waals surface area contributed by atoms with Gasteiger partial charge in [0.15, 0.2) is 0 Å². The van der Waals surface area contributed by atoms with Crippen molar-refractivity contribution in [2.45, 2.75) is 12.8 Å². The maximum atomic E-state index is 12.6. The van der Waals surface area contributed by atoms with E-state index < -0.39 is 11.7 Å². The molecule has 0 radical (unpaired) electrons. The van der Waals surface area contributed by atoms with E-state index in [2.05, 4.69) is 4.98 Å². The normalized spacial score (nSPS) is 11.1. The van der Waals surface area contributed by atoms with E-state index in [-0.39, 0.29) is 6.61 Å². The molecule has 0 aliphatic carbocycles. The van der Waals surface area contributed by atoms with Crippen molar-refractivity contribution in [2.24, 2.45) is 0 Å². The number of aromatic nitrogens is 1. The van der Waals surface area contributed by atoms with Gasteiger partial charge in [-0.2, -0.15) is 18.4 Å². The Balaban J connectivity index is 1.71. The molecule has 3 aromatic rings. The first-order valence-electron chi connectivity index (χ1n) is 7.21. The second kappa shape index (κ2) is 6.95. The number of para-hydroxylation sites is 1. The second-order valence-corrected chi connectivity index (χ2v) is 5.97. The molecule has 126 valence electrons. The Hall–Kier alpha value is -2.85. The Bertz CT molecular complexity index is 911. The molecule has 7 heteroatoms. The van der Waals surface area contributed by atoms with Crippen molar-refractivity contribution in [3.63, 3.8) is 0 Å². The van der Waals surface area contributed by atoms with Crippen molar-refractivity contribution in [2.75, 3.05) is 0 Å². The highest BCUT2D eigenvalue weighted by atomic mass is 32.1. The van der Waals surface area contributed by atoms with Gasteiger partial charge in [-0.25, -0.2) is 4.98 Å². The van der Waals surface area contributed by atoms with Crippen molar-refractivity contribution >= 4 is 11.3 Å². The van der Waals surface area contributed by atoms with Crippen LogP contribution in [0.4, 0.5) is 13.2 Å². The number of rotatable bonds is 4. The largest absolute Gasteiger partial charge is 0.486 e. The summed E-state index contributed by atoms with van der Waals surface area (Å²) >= 11 is 1.32. The first kappa shape index (κ1) is 17.0. The van der Waals surface area contributed by atoms with Crippen LogP contribution in [0, 0.1) is 11.3 Å². The Kier molecular flexibility index (Phi) is 4.72. The zero-order chi connectivity index (χ0) is 17.9. The number of nitriles is 1. The van der Waals surface area contributed by atoms with Crippen LogP contribution in [0.2, 0.25) is 0 Å². The highest BCUT2D eigenvalue weighted by molar-refractivity contribution is 7.13. The predicted molar refractivity (Wildman–Crippen MR) is 88.0 cm³/mol. The van der Waals surface area contributed by atoms with E-state index in [9.17, 15) is 13.2 Å². The molecule has 0 N–H and O–H groups in total. The van der Waals surface area contributed by atoms with Crippen molar-refractivity contribution in [1.82, 2.24) is 4.98 Å². The number of thiazole rings is 1. The summed E-state index contributed by atoms with van der Waals surface area (Å²) in [6.45, 7) is 0.176. The second-order valence-electron chi connectivity index (χ2n) is 5.12. The van der Waals surface area contributed by atoms with E-state index >= 15 is 0 Å². The number of ether oxygens (including phenoxy) is 1. The van der Waals surface area contributed by atoms with E-state index in [1.54, 1.807) is 29.6 Å². The molecular formula is C18H11F3N2OS. The van der Waals surface area contributed by atoms with Gasteiger partial charge in [0.1, 0.15) is 23.4 Å². The van der Waals surface area contributed by atoms with E-state index in [1.165, 1.54) is 23.5 Å². The highest BCUT2D eigenvalue weighted by Gasteiger charge is 2.30. The van der Waals surface area contributed by atoms with E-state index in [4.69, 9.17) is 10.00 Å². The van der Waals surface area contributed by atoms with E-state index in [1.807, 2.05) is 6.07 Å². The minimum absolute atomic E-state index is 0.176. The molecule has 0 saturated heterocycles. The van der Waals surface area contributed by atoms with Crippen molar-refractivity contribution < 1.29 is 17.9 Å². The van der Waals surface area contributed by atoms with Crippen LogP contribution in [0.3, 0.4) is 0 Å². The van der Waals surface area contributed by atoms with Crippen molar-refractivity contribution in [3.8, 4) is 22.4 Å². The molecule has 1 heterocycles. The van der Waals surface area contributed by atoms with Gasteiger partial charge in [0.2, 0.25) is 0 Å². The van der Waals surface area contributed by atoms with E-state index in [0.717, 1.165) is 12.1 Å². The first-order valence-corrected chi connectivity index (χ1v) is 8.09. The molecular weight excluding hydrogens is 349 g/mol. The van der Waals surface area contributed by atoms with Crippen LogP contribution in [0.25, 0.3) is 10.6 Å². The minimum Gasteiger partial charge on any atom is -0.486 e. The summed E-state index contributed by atoms with van der Waals surface area (Å²) in [5.74, 6) is 0.467. The lowest BCUT2D eigenvalue weighted by molar-refractivity contribution is -0.137. The molecule has 0 amide bonds. The van der Waals surface area contributed by atoms with Gasteiger partial charge in [-0.15, -0.1) is 11.3 Å². The summed E-state index contributed by atoms with van der Waals surface area (Å²) in [4.78, 5) is 4.37. The molecule has 0 spiro atoms. The van der Waals surface area contributed by atoms with Gasteiger partial charge in [-0.3, -0.25) is 0 Å². The van der Waals surface area contributed by atoms with Crippen LogP contribution in [-0.4, -0.2) is 4.98 Å². The SMILES string of the molecule is N#Cc1ccccc1OCc1csc(-c2ccc(C(F)(F)F)cc2)n1. The van der Waals surface area contributed by atoms with Gasteiger partial charge in [0.05, 0.1) is 16.8 Å². The van der Waals surface area contributed by atoms with Crippen LogP contribution in [-0.2, 0) is 12.8 Å². The number of alkyl halides is 3. The summed E-state index contributed by atoms with van der Waals surface area (Å²) in [5.41, 5.74) is 1.000. The van der Waals surface area contributed by atoms with Gasteiger partial charge in [0, 0.05) is 10.9 Å². The average Bonchev–Trinajstić information content (AvgIpc) is 3.08. The Morgan fingerprint density at radius 2 is 1.80 bits per heavy atom. The molecule has 1 aromatic heterocycles. The quantitative estimate of drug-likeness (QED) is 0.636. The third-order valence-corrected chi connectivity index (χ3v) is 4.33. The summed E-state index contributed by atoms with van der Waals surface area (Å²) in [6, 6.07) is 13.8. The third-order valence-electron chi connectivity index (χ3n) is 3.39. The van der Waals surface area contributed by atoms with Gasteiger partial charge < -0.3 is 4.74 Å². The molecule has 0 atom stereocenters. The Morgan fingerprint density at radius 3 is 2.48 bits per heavy atom. The van der Waals surface area contributed by atoms with Crippen molar-refractivity contribution in [3.05, 3.63) is 70.7 Å². The average molecular weight is 360 g/mol. The Labute approximate surface area is 146 Å². The number of halogens is 3. The topological polar surface area (TPSA) is 45.9 Å². The maximum Gasteiger partial charge on any atom is 0.416 e. The lowest BCUT2D eigenvalue weighted by Gasteiger charge is -2.06. The highest BCUT2D eigenvalue weighted by Crippen LogP contribution is 2.32. The van der Waals surface area contributed by atoms with Crippen LogP contribution >= 0.6 is 11.3 Å². The van der Waals surface area contributed by atoms with Gasteiger partial charge in [-0.1, -0.05) is 24.3 Å². The summed E-state index contributed by atoms with van der Waals surface area (Å²) < 4.78 is 43.4. The lowest BCUT2D eigenvalue weighted by Crippen LogP contribution is -2.04. The van der Waals surface area contributed by atoms with Crippen LogP contribution < -0.4 is 4.74 Å². The summed E-state index contributed by atoms with van der Waals surface area (Å²) in [5, 5.41) is 11.4. The lowest BCUT2D eigenvalue weighted by atomic mass is 10.1. The molecule has 3 rings (SSSR count). The monoisotopic (exact) mass is 360 g/mol. The molecule has 25 heavy (non-hydrogen) atoms. The summed E-state index contributed by atoms with van der Waals surface area (Å²) in [7, 11) is 0. The number of benzene rings is 2. The number of nitrogens with zero attached hydrogens (tertiary/aromatic N) is 2. The number of hydrogen-bond donors (Lipinski definition) is 0. The minimum atomic E-state index is -4.35. The zero-order valence-electron chi connectivity index (χ0n) is 12.7. The molecule has 0 bridgehead atoms. The van der Waals surface area contributed by atoms with E-state index in [0.29, 0.717) is 27.6 Å². The van der Waals surface area contributed by atoms with Crippen LogP contribution in [0.15, 0.2) is 53.9 Å². The molecule has 0 unspecified atom stereocenters. The van der Waals surface area contributed by atoms with Gasteiger partial charge in [-0.05, 0) is 24.3 Å². The molecule has 3 nitrogen and oxygen atoms in total. The first-order chi connectivity index (χ1) is 12.0. The Morgan fingerprint density at radius 1 is 1.08 bits per heavy atom. The van der Waals surface area contributed by atoms with Gasteiger partial charge in [0.25, 0.3) is 0 Å².